The molecule has 0 bridgehead atoms. The Labute approximate surface area is 207 Å². The van der Waals surface area contributed by atoms with Crippen LogP contribution in [0.3, 0.4) is 0 Å². The predicted molar refractivity (Wildman–Crippen MR) is 137 cm³/mol. The van der Waals surface area contributed by atoms with E-state index in [9.17, 15) is 10.2 Å². The highest BCUT2D eigenvalue weighted by molar-refractivity contribution is 6.30. The molecule has 4 nitrogen and oxygen atoms in total. The van der Waals surface area contributed by atoms with Gasteiger partial charge in [0.2, 0.25) is 0 Å². The van der Waals surface area contributed by atoms with Crippen LogP contribution in [0, 0.1) is 5.92 Å². The summed E-state index contributed by atoms with van der Waals surface area (Å²) < 4.78 is 5.90. The lowest BCUT2D eigenvalue weighted by Gasteiger charge is -2.42. The first-order chi connectivity index (χ1) is 16.5. The summed E-state index contributed by atoms with van der Waals surface area (Å²) in [4.78, 5) is 2.27. The standard InChI is InChI=1S/C29H34ClNO3/c1-22(23-12-14-27(30)15-13-23)34-21-28(32)20-31-18-16-26(17-19-31)29(33,24-8-4-2-5-9-24)25-10-6-3-7-11-25/h2-15,22,26,28,32-33H,16-21H2,1H3. The van der Waals surface area contributed by atoms with Gasteiger partial charge in [0.1, 0.15) is 5.60 Å². The van der Waals surface area contributed by atoms with Crippen molar-refractivity contribution in [3.8, 4) is 0 Å². The minimum absolute atomic E-state index is 0.104. The van der Waals surface area contributed by atoms with Crippen molar-refractivity contribution in [3.05, 3.63) is 107 Å². The second-order valence-corrected chi connectivity index (χ2v) is 9.69. The topological polar surface area (TPSA) is 52.9 Å². The Morgan fingerprint density at radius 1 is 0.912 bits per heavy atom. The second-order valence-electron chi connectivity index (χ2n) is 9.25. The van der Waals surface area contributed by atoms with Gasteiger partial charge in [0.25, 0.3) is 0 Å². The highest BCUT2D eigenvalue weighted by Gasteiger charge is 2.41. The van der Waals surface area contributed by atoms with Crippen LogP contribution in [0.1, 0.15) is 42.6 Å². The van der Waals surface area contributed by atoms with Crippen molar-refractivity contribution >= 4 is 11.6 Å². The highest BCUT2D eigenvalue weighted by atomic mass is 35.5. The van der Waals surface area contributed by atoms with Gasteiger partial charge in [-0.15, -0.1) is 0 Å². The van der Waals surface area contributed by atoms with Crippen molar-refractivity contribution in [2.75, 3.05) is 26.2 Å². The molecule has 1 aliphatic heterocycles. The largest absolute Gasteiger partial charge is 0.389 e. The van der Waals surface area contributed by atoms with E-state index in [1.165, 1.54) is 0 Å². The van der Waals surface area contributed by atoms with Crippen LogP contribution in [-0.2, 0) is 10.3 Å². The number of likely N-dealkylation sites (tertiary alicyclic amines) is 1. The van der Waals surface area contributed by atoms with Crippen LogP contribution in [0.25, 0.3) is 0 Å². The molecule has 4 rings (SSSR count). The molecule has 1 heterocycles. The smallest absolute Gasteiger partial charge is 0.117 e. The van der Waals surface area contributed by atoms with Gasteiger partial charge >= 0.3 is 0 Å². The molecule has 1 fully saturated rings. The van der Waals surface area contributed by atoms with Gasteiger partial charge in [-0.2, -0.15) is 0 Å². The molecule has 34 heavy (non-hydrogen) atoms. The van der Waals surface area contributed by atoms with E-state index in [1.54, 1.807) is 0 Å². The Balaban J connectivity index is 1.33. The van der Waals surface area contributed by atoms with Crippen LogP contribution >= 0.6 is 11.6 Å². The molecule has 0 amide bonds. The summed E-state index contributed by atoms with van der Waals surface area (Å²) in [6.07, 6.45) is 1.04. The van der Waals surface area contributed by atoms with E-state index < -0.39 is 11.7 Å². The number of piperidine rings is 1. The highest BCUT2D eigenvalue weighted by Crippen LogP contribution is 2.41. The van der Waals surface area contributed by atoms with Crippen molar-refractivity contribution < 1.29 is 14.9 Å². The summed E-state index contributed by atoms with van der Waals surface area (Å²) in [6.45, 7) is 4.49. The normalized spacial score (nSPS) is 17.4. The third-order valence-corrected chi connectivity index (χ3v) is 7.21. The number of ether oxygens (including phenoxy) is 1. The molecule has 3 aromatic rings. The first kappa shape index (κ1) is 24.9. The number of aliphatic hydroxyl groups is 2. The molecule has 1 saturated heterocycles. The molecule has 0 radical (unpaired) electrons. The monoisotopic (exact) mass is 479 g/mol. The lowest BCUT2D eigenvalue weighted by molar-refractivity contribution is -0.0373. The minimum atomic E-state index is -1.02. The van der Waals surface area contributed by atoms with Gasteiger partial charge < -0.3 is 19.8 Å². The Kier molecular flexibility index (Phi) is 8.41. The SMILES string of the molecule is CC(OCC(O)CN1CCC(C(O)(c2ccccc2)c2ccccc2)CC1)c1ccc(Cl)cc1. The number of hydrogen-bond acceptors (Lipinski definition) is 4. The third-order valence-electron chi connectivity index (χ3n) is 6.95. The molecule has 1 aliphatic rings. The van der Waals surface area contributed by atoms with Gasteiger partial charge in [0.15, 0.2) is 0 Å². The lowest BCUT2D eigenvalue weighted by Crippen LogP contribution is -2.46. The summed E-state index contributed by atoms with van der Waals surface area (Å²) in [5.74, 6) is 0.104. The zero-order valence-corrected chi connectivity index (χ0v) is 20.4. The van der Waals surface area contributed by atoms with Crippen molar-refractivity contribution in [1.82, 2.24) is 4.90 Å². The van der Waals surface area contributed by atoms with Gasteiger partial charge in [-0.25, -0.2) is 0 Å². The van der Waals surface area contributed by atoms with Gasteiger partial charge in [-0.1, -0.05) is 84.4 Å². The van der Waals surface area contributed by atoms with Crippen LogP contribution in [-0.4, -0.2) is 47.5 Å². The Hall–Kier alpha value is -2.21. The minimum Gasteiger partial charge on any atom is -0.389 e. The number of hydrogen-bond donors (Lipinski definition) is 2. The van der Waals surface area contributed by atoms with E-state index in [4.69, 9.17) is 16.3 Å². The maximum absolute atomic E-state index is 12.0. The van der Waals surface area contributed by atoms with E-state index >= 15 is 0 Å². The van der Waals surface area contributed by atoms with Crippen LogP contribution in [0.15, 0.2) is 84.9 Å². The zero-order valence-electron chi connectivity index (χ0n) is 19.7. The number of β-amino-alcohol motifs (C(OH)–C–C–N with tert-alkyl or cyclic N) is 1. The molecule has 5 heteroatoms. The average molecular weight is 480 g/mol. The van der Waals surface area contributed by atoms with E-state index in [1.807, 2.05) is 91.9 Å². The van der Waals surface area contributed by atoms with Crippen LogP contribution < -0.4 is 0 Å². The molecular formula is C29H34ClNO3. The molecule has 0 aromatic heterocycles. The second kappa shape index (κ2) is 11.5. The van der Waals surface area contributed by atoms with Crippen molar-refractivity contribution in [2.45, 2.75) is 37.6 Å². The molecule has 3 aromatic carbocycles. The van der Waals surface area contributed by atoms with Crippen LogP contribution in [0.4, 0.5) is 0 Å². The lowest BCUT2D eigenvalue weighted by atomic mass is 9.72. The summed E-state index contributed by atoms with van der Waals surface area (Å²) in [5, 5.41) is 23.3. The quantitative estimate of drug-likeness (QED) is 0.430. The van der Waals surface area contributed by atoms with Gasteiger partial charge in [-0.3, -0.25) is 0 Å². The fraction of sp³-hybridized carbons (Fsp3) is 0.379. The fourth-order valence-electron chi connectivity index (χ4n) is 4.99. The van der Waals surface area contributed by atoms with Crippen molar-refractivity contribution in [3.63, 3.8) is 0 Å². The molecule has 2 unspecified atom stereocenters. The van der Waals surface area contributed by atoms with Gasteiger partial charge in [-0.05, 0) is 67.6 Å². The van der Waals surface area contributed by atoms with E-state index in [0.717, 1.165) is 42.6 Å². The first-order valence-corrected chi connectivity index (χ1v) is 12.5. The summed E-state index contributed by atoms with van der Waals surface area (Å²) >= 11 is 5.96. The number of halogens is 1. The van der Waals surface area contributed by atoms with Crippen molar-refractivity contribution in [2.24, 2.45) is 5.92 Å². The van der Waals surface area contributed by atoms with Gasteiger partial charge in [0, 0.05) is 11.6 Å². The number of benzene rings is 3. The van der Waals surface area contributed by atoms with Crippen LogP contribution in [0.2, 0.25) is 5.02 Å². The average Bonchev–Trinajstić information content (AvgIpc) is 2.88. The summed E-state index contributed by atoms with van der Waals surface area (Å²) in [6, 6.07) is 27.6. The Bertz CT molecular complexity index is 965. The van der Waals surface area contributed by atoms with E-state index in [0.29, 0.717) is 11.6 Å². The molecular weight excluding hydrogens is 446 g/mol. The molecule has 0 saturated carbocycles. The summed E-state index contributed by atoms with van der Waals surface area (Å²) in [5.41, 5.74) is 1.89. The third kappa shape index (κ3) is 5.88. The maximum atomic E-state index is 12.0. The Morgan fingerprint density at radius 3 is 1.97 bits per heavy atom. The fourth-order valence-corrected chi connectivity index (χ4v) is 5.12. The van der Waals surface area contributed by atoms with E-state index in [-0.39, 0.29) is 18.6 Å². The summed E-state index contributed by atoms with van der Waals surface area (Å²) in [7, 11) is 0. The van der Waals surface area contributed by atoms with E-state index in [2.05, 4.69) is 4.90 Å². The molecule has 0 spiro atoms. The molecule has 0 aliphatic carbocycles. The number of nitrogens with zero attached hydrogens (tertiary/aromatic N) is 1. The Morgan fingerprint density at radius 2 is 1.44 bits per heavy atom. The number of aliphatic hydroxyl groups excluding tert-OH is 1. The molecule has 2 atom stereocenters. The molecule has 2 N–H and O–H groups in total. The van der Waals surface area contributed by atoms with Crippen molar-refractivity contribution in [1.29, 1.82) is 0 Å². The number of rotatable bonds is 9. The first-order valence-electron chi connectivity index (χ1n) is 12.1. The maximum Gasteiger partial charge on any atom is 0.117 e. The van der Waals surface area contributed by atoms with Crippen LogP contribution in [0.5, 0.6) is 0 Å². The zero-order chi connectivity index (χ0) is 24.0. The predicted octanol–water partition coefficient (Wildman–Crippen LogP) is 5.43. The molecule has 180 valence electrons. The van der Waals surface area contributed by atoms with Gasteiger partial charge in [0.05, 0.1) is 18.8 Å².